The minimum Gasteiger partial charge on any atom is -0.389 e. The first-order valence-corrected chi connectivity index (χ1v) is 7.21. The summed E-state index contributed by atoms with van der Waals surface area (Å²) in [6.45, 7) is 4.40. The van der Waals surface area contributed by atoms with Gasteiger partial charge in [0.05, 0.1) is 5.60 Å². The maximum Gasteiger partial charge on any atom is 0.0738 e. The molecule has 1 atom stereocenters. The van der Waals surface area contributed by atoms with Crippen LogP contribution >= 0.6 is 0 Å². The zero-order valence-electron chi connectivity index (χ0n) is 11.8. The summed E-state index contributed by atoms with van der Waals surface area (Å²) in [5.74, 6) is 0. The second kappa shape index (κ2) is 4.35. The average Bonchev–Trinajstić information content (AvgIpc) is 2.64. The van der Waals surface area contributed by atoms with E-state index in [1.54, 1.807) is 0 Å². The van der Waals surface area contributed by atoms with Gasteiger partial charge in [-0.25, -0.2) is 0 Å². The molecule has 19 heavy (non-hydrogen) atoms. The molecule has 100 valence electrons. The van der Waals surface area contributed by atoms with E-state index >= 15 is 0 Å². The van der Waals surface area contributed by atoms with Gasteiger partial charge in [0, 0.05) is 6.42 Å². The Hall–Kier alpha value is -1.34. The molecule has 1 N–H and O–H groups in total. The van der Waals surface area contributed by atoms with Gasteiger partial charge in [-0.3, -0.25) is 0 Å². The lowest BCUT2D eigenvalue weighted by Crippen LogP contribution is -2.41. The SMILES string of the molecule is CC1(C)CCCC1(O)Cc1cccc2ccccc12. The van der Waals surface area contributed by atoms with Gasteiger partial charge in [0.15, 0.2) is 0 Å². The van der Waals surface area contributed by atoms with Gasteiger partial charge in [-0.15, -0.1) is 0 Å². The number of aliphatic hydroxyl groups is 1. The van der Waals surface area contributed by atoms with Crippen LogP contribution in [0, 0.1) is 5.41 Å². The molecule has 0 radical (unpaired) electrons. The van der Waals surface area contributed by atoms with Crippen molar-refractivity contribution >= 4 is 10.8 Å². The van der Waals surface area contributed by atoms with Crippen molar-refractivity contribution in [2.24, 2.45) is 5.41 Å². The number of hydrogen-bond donors (Lipinski definition) is 1. The molecule has 0 aromatic heterocycles. The zero-order valence-corrected chi connectivity index (χ0v) is 11.8. The summed E-state index contributed by atoms with van der Waals surface area (Å²) in [5.41, 5.74) is 0.733. The van der Waals surface area contributed by atoms with Gasteiger partial charge in [-0.05, 0) is 41.0 Å². The van der Waals surface area contributed by atoms with Crippen molar-refractivity contribution in [1.29, 1.82) is 0 Å². The van der Waals surface area contributed by atoms with E-state index in [9.17, 15) is 5.11 Å². The van der Waals surface area contributed by atoms with Gasteiger partial charge >= 0.3 is 0 Å². The molecule has 1 fully saturated rings. The molecule has 1 aliphatic carbocycles. The fraction of sp³-hybridized carbons (Fsp3) is 0.444. The van der Waals surface area contributed by atoms with Crippen LogP contribution in [-0.2, 0) is 6.42 Å². The summed E-state index contributed by atoms with van der Waals surface area (Å²) in [4.78, 5) is 0. The van der Waals surface area contributed by atoms with Crippen LogP contribution in [0.25, 0.3) is 10.8 Å². The van der Waals surface area contributed by atoms with E-state index in [4.69, 9.17) is 0 Å². The smallest absolute Gasteiger partial charge is 0.0738 e. The first-order chi connectivity index (χ1) is 9.02. The van der Waals surface area contributed by atoms with Crippen LogP contribution in [0.5, 0.6) is 0 Å². The van der Waals surface area contributed by atoms with Crippen molar-refractivity contribution in [2.45, 2.75) is 45.1 Å². The largest absolute Gasteiger partial charge is 0.389 e. The number of rotatable bonds is 2. The Morgan fingerprint density at radius 2 is 1.74 bits per heavy atom. The molecule has 0 bridgehead atoms. The number of fused-ring (bicyclic) bond motifs is 1. The quantitative estimate of drug-likeness (QED) is 0.846. The summed E-state index contributed by atoms with van der Waals surface area (Å²) in [6.07, 6.45) is 3.94. The molecule has 1 aliphatic rings. The molecular weight excluding hydrogens is 232 g/mol. The van der Waals surface area contributed by atoms with Crippen molar-refractivity contribution in [3.8, 4) is 0 Å². The minimum absolute atomic E-state index is 0.0178. The molecule has 1 heteroatoms. The van der Waals surface area contributed by atoms with E-state index in [0.717, 1.165) is 25.7 Å². The van der Waals surface area contributed by atoms with E-state index in [-0.39, 0.29) is 5.41 Å². The second-order valence-electron chi connectivity index (χ2n) is 6.58. The predicted molar refractivity (Wildman–Crippen MR) is 80.2 cm³/mol. The monoisotopic (exact) mass is 254 g/mol. The molecule has 2 aromatic carbocycles. The highest BCUT2D eigenvalue weighted by molar-refractivity contribution is 5.85. The molecule has 0 amide bonds. The van der Waals surface area contributed by atoms with Crippen molar-refractivity contribution in [2.75, 3.05) is 0 Å². The van der Waals surface area contributed by atoms with E-state index in [1.165, 1.54) is 16.3 Å². The molecule has 1 saturated carbocycles. The lowest BCUT2D eigenvalue weighted by molar-refractivity contribution is -0.0416. The third kappa shape index (κ3) is 2.06. The van der Waals surface area contributed by atoms with Crippen LogP contribution in [0.15, 0.2) is 42.5 Å². The molecule has 1 nitrogen and oxygen atoms in total. The Morgan fingerprint density at radius 3 is 2.47 bits per heavy atom. The highest BCUT2D eigenvalue weighted by Crippen LogP contribution is 2.48. The average molecular weight is 254 g/mol. The molecule has 0 spiro atoms. The van der Waals surface area contributed by atoms with Gasteiger partial charge in [0.25, 0.3) is 0 Å². The van der Waals surface area contributed by atoms with E-state index < -0.39 is 5.60 Å². The van der Waals surface area contributed by atoms with Gasteiger partial charge < -0.3 is 5.11 Å². The van der Waals surface area contributed by atoms with Crippen LogP contribution in [0.1, 0.15) is 38.7 Å². The Balaban J connectivity index is 2.02. The predicted octanol–water partition coefficient (Wildman–Crippen LogP) is 4.32. The van der Waals surface area contributed by atoms with E-state index in [2.05, 4.69) is 56.3 Å². The fourth-order valence-electron chi connectivity index (χ4n) is 3.48. The first-order valence-electron chi connectivity index (χ1n) is 7.21. The Morgan fingerprint density at radius 1 is 1.00 bits per heavy atom. The number of benzene rings is 2. The molecular formula is C18H22O. The van der Waals surface area contributed by atoms with Gasteiger partial charge in [-0.1, -0.05) is 56.3 Å². The lowest BCUT2D eigenvalue weighted by Gasteiger charge is -2.37. The molecule has 2 aromatic rings. The third-order valence-corrected chi connectivity index (χ3v) is 5.01. The maximum absolute atomic E-state index is 11.0. The van der Waals surface area contributed by atoms with Crippen LogP contribution in [0.2, 0.25) is 0 Å². The highest BCUT2D eigenvalue weighted by atomic mass is 16.3. The normalized spacial score (nSPS) is 25.8. The minimum atomic E-state index is -0.558. The van der Waals surface area contributed by atoms with Crippen LogP contribution < -0.4 is 0 Å². The zero-order chi connectivity index (χ0) is 13.5. The Labute approximate surface area is 115 Å². The topological polar surface area (TPSA) is 20.2 Å². The van der Waals surface area contributed by atoms with Crippen molar-refractivity contribution < 1.29 is 5.11 Å². The Bertz CT molecular complexity index is 594. The Kier molecular flexibility index (Phi) is 2.90. The summed E-state index contributed by atoms with van der Waals surface area (Å²) in [7, 11) is 0. The summed E-state index contributed by atoms with van der Waals surface area (Å²) >= 11 is 0. The summed E-state index contributed by atoms with van der Waals surface area (Å²) in [5, 5.41) is 13.6. The van der Waals surface area contributed by atoms with Crippen LogP contribution in [0.4, 0.5) is 0 Å². The maximum atomic E-state index is 11.0. The van der Waals surface area contributed by atoms with Gasteiger partial charge in [0.2, 0.25) is 0 Å². The lowest BCUT2D eigenvalue weighted by atomic mass is 9.74. The fourth-order valence-corrected chi connectivity index (χ4v) is 3.48. The second-order valence-corrected chi connectivity index (χ2v) is 6.58. The molecule has 1 unspecified atom stereocenters. The van der Waals surface area contributed by atoms with Crippen LogP contribution in [0.3, 0.4) is 0 Å². The van der Waals surface area contributed by atoms with Gasteiger partial charge in [-0.2, -0.15) is 0 Å². The van der Waals surface area contributed by atoms with Crippen molar-refractivity contribution in [3.05, 3.63) is 48.0 Å². The molecule has 0 heterocycles. The molecule has 0 aliphatic heterocycles. The number of hydrogen-bond acceptors (Lipinski definition) is 1. The van der Waals surface area contributed by atoms with E-state index in [1.807, 2.05) is 0 Å². The molecule has 0 saturated heterocycles. The molecule has 3 rings (SSSR count). The standard InChI is InChI=1S/C18H22O/c1-17(2)11-6-12-18(17,19)13-15-9-5-8-14-7-3-4-10-16(14)15/h3-5,7-10,19H,6,11-13H2,1-2H3. The van der Waals surface area contributed by atoms with Crippen LogP contribution in [-0.4, -0.2) is 10.7 Å². The summed E-state index contributed by atoms with van der Waals surface area (Å²) < 4.78 is 0. The first kappa shape index (κ1) is 12.7. The summed E-state index contributed by atoms with van der Waals surface area (Å²) in [6, 6.07) is 14.9. The van der Waals surface area contributed by atoms with Crippen molar-refractivity contribution in [3.63, 3.8) is 0 Å². The highest BCUT2D eigenvalue weighted by Gasteiger charge is 2.47. The van der Waals surface area contributed by atoms with Crippen molar-refractivity contribution in [1.82, 2.24) is 0 Å². The van der Waals surface area contributed by atoms with Gasteiger partial charge in [0.1, 0.15) is 0 Å². The third-order valence-electron chi connectivity index (χ3n) is 5.01. The van der Waals surface area contributed by atoms with E-state index in [0.29, 0.717) is 0 Å².